The van der Waals surface area contributed by atoms with Crippen LogP contribution in [0.3, 0.4) is 0 Å². The van der Waals surface area contributed by atoms with Crippen LogP contribution in [0.25, 0.3) is 11.1 Å². The molecule has 0 radical (unpaired) electrons. The van der Waals surface area contributed by atoms with E-state index in [1.165, 1.54) is 0 Å². The molecule has 1 fully saturated rings. The van der Waals surface area contributed by atoms with Crippen LogP contribution >= 0.6 is 15.9 Å². The molecule has 1 aromatic carbocycles. The average Bonchev–Trinajstić information content (AvgIpc) is 2.48. The van der Waals surface area contributed by atoms with E-state index < -0.39 is 0 Å². The zero-order valence-electron chi connectivity index (χ0n) is 12.1. The minimum atomic E-state index is 0.230. The number of nitrogens with two attached hydrogens (primary N) is 1. The molecule has 21 heavy (non-hydrogen) atoms. The van der Waals surface area contributed by atoms with Crippen LogP contribution in [0.15, 0.2) is 34.9 Å². The van der Waals surface area contributed by atoms with Gasteiger partial charge in [-0.2, -0.15) is 0 Å². The Bertz CT molecular complexity index is 627. The Kier molecular flexibility index (Phi) is 4.22. The number of aromatic nitrogens is 2. The van der Waals surface area contributed by atoms with Gasteiger partial charge in [0.05, 0.1) is 5.69 Å². The molecule has 1 aromatic heterocycles. The van der Waals surface area contributed by atoms with E-state index in [0.717, 1.165) is 53.2 Å². The van der Waals surface area contributed by atoms with E-state index in [2.05, 4.69) is 42.9 Å². The van der Waals surface area contributed by atoms with Crippen molar-refractivity contribution in [2.24, 2.45) is 5.73 Å². The fraction of sp³-hybridized carbons (Fsp3) is 0.375. The third-order valence-electron chi connectivity index (χ3n) is 3.86. The maximum Gasteiger partial charge on any atom is 0.225 e. The van der Waals surface area contributed by atoms with Gasteiger partial charge in [-0.05, 0) is 37.5 Å². The Balaban J connectivity index is 1.87. The summed E-state index contributed by atoms with van der Waals surface area (Å²) in [6, 6.07) is 8.45. The van der Waals surface area contributed by atoms with Crippen molar-refractivity contribution in [1.82, 2.24) is 9.97 Å². The van der Waals surface area contributed by atoms with Crippen molar-refractivity contribution in [3.05, 3.63) is 40.6 Å². The van der Waals surface area contributed by atoms with Crippen LogP contribution in [0.2, 0.25) is 0 Å². The molecule has 1 atom stereocenters. The predicted octanol–water partition coefficient (Wildman–Crippen LogP) is 3.14. The highest BCUT2D eigenvalue weighted by molar-refractivity contribution is 9.10. The van der Waals surface area contributed by atoms with Crippen LogP contribution in [0.1, 0.15) is 18.5 Å². The first-order valence-electron chi connectivity index (χ1n) is 7.23. The lowest BCUT2D eigenvalue weighted by atomic mass is 10.1. The topological polar surface area (TPSA) is 55.0 Å². The second-order valence-corrected chi connectivity index (χ2v) is 6.44. The SMILES string of the molecule is Cc1nc(N2CCCC(N)C2)ncc1-c1ccc(Br)cc1. The molecular formula is C16H19BrN4. The largest absolute Gasteiger partial charge is 0.339 e. The number of anilines is 1. The van der Waals surface area contributed by atoms with Crippen molar-refractivity contribution >= 4 is 21.9 Å². The molecule has 2 N–H and O–H groups in total. The van der Waals surface area contributed by atoms with Gasteiger partial charge in [-0.1, -0.05) is 28.1 Å². The molecule has 0 bridgehead atoms. The van der Waals surface area contributed by atoms with Crippen molar-refractivity contribution in [2.45, 2.75) is 25.8 Å². The van der Waals surface area contributed by atoms with Crippen molar-refractivity contribution in [1.29, 1.82) is 0 Å². The predicted molar refractivity (Wildman–Crippen MR) is 89.3 cm³/mol. The van der Waals surface area contributed by atoms with E-state index in [1.807, 2.05) is 25.3 Å². The maximum atomic E-state index is 6.03. The van der Waals surface area contributed by atoms with Gasteiger partial charge in [0.25, 0.3) is 0 Å². The molecule has 0 aliphatic carbocycles. The fourth-order valence-corrected chi connectivity index (χ4v) is 2.98. The van der Waals surface area contributed by atoms with E-state index >= 15 is 0 Å². The van der Waals surface area contributed by atoms with Crippen LogP contribution in [0, 0.1) is 6.92 Å². The summed E-state index contributed by atoms with van der Waals surface area (Å²) in [5.74, 6) is 0.795. The van der Waals surface area contributed by atoms with Gasteiger partial charge in [0, 0.05) is 35.4 Å². The lowest BCUT2D eigenvalue weighted by molar-refractivity contribution is 0.499. The first-order chi connectivity index (χ1) is 10.1. The zero-order chi connectivity index (χ0) is 14.8. The Morgan fingerprint density at radius 3 is 2.71 bits per heavy atom. The lowest BCUT2D eigenvalue weighted by Gasteiger charge is -2.30. The number of aryl methyl sites for hydroxylation is 1. The summed E-state index contributed by atoms with van der Waals surface area (Å²) in [5.41, 5.74) is 9.25. The minimum Gasteiger partial charge on any atom is -0.339 e. The third-order valence-corrected chi connectivity index (χ3v) is 4.39. The van der Waals surface area contributed by atoms with E-state index in [-0.39, 0.29) is 6.04 Å². The molecule has 5 heteroatoms. The van der Waals surface area contributed by atoms with Crippen LogP contribution in [-0.2, 0) is 0 Å². The second kappa shape index (κ2) is 6.12. The lowest BCUT2D eigenvalue weighted by Crippen LogP contribution is -2.43. The summed E-state index contributed by atoms with van der Waals surface area (Å²) >= 11 is 3.46. The molecule has 110 valence electrons. The monoisotopic (exact) mass is 346 g/mol. The number of benzene rings is 1. The maximum absolute atomic E-state index is 6.03. The highest BCUT2D eigenvalue weighted by Gasteiger charge is 2.19. The summed E-state index contributed by atoms with van der Waals surface area (Å²) in [6.07, 6.45) is 4.12. The number of rotatable bonds is 2. The van der Waals surface area contributed by atoms with Crippen molar-refractivity contribution in [2.75, 3.05) is 18.0 Å². The Morgan fingerprint density at radius 2 is 2.05 bits per heavy atom. The molecule has 0 saturated carbocycles. The molecule has 4 nitrogen and oxygen atoms in total. The van der Waals surface area contributed by atoms with Crippen molar-refractivity contribution < 1.29 is 0 Å². The van der Waals surface area contributed by atoms with E-state index in [9.17, 15) is 0 Å². The first-order valence-corrected chi connectivity index (χ1v) is 8.03. The minimum absolute atomic E-state index is 0.230. The molecular weight excluding hydrogens is 328 g/mol. The summed E-state index contributed by atoms with van der Waals surface area (Å²) < 4.78 is 1.07. The highest BCUT2D eigenvalue weighted by Crippen LogP contribution is 2.25. The molecule has 1 aliphatic heterocycles. The smallest absolute Gasteiger partial charge is 0.225 e. The highest BCUT2D eigenvalue weighted by atomic mass is 79.9. The molecule has 1 saturated heterocycles. The number of hydrogen-bond acceptors (Lipinski definition) is 4. The Morgan fingerprint density at radius 1 is 1.29 bits per heavy atom. The van der Waals surface area contributed by atoms with Crippen LogP contribution < -0.4 is 10.6 Å². The molecule has 0 amide bonds. The molecule has 1 unspecified atom stereocenters. The van der Waals surface area contributed by atoms with Crippen LogP contribution in [0.5, 0.6) is 0 Å². The quantitative estimate of drug-likeness (QED) is 0.907. The summed E-state index contributed by atoms with van der Waals surface area (Å²) in [6.45, 7) is 3.87. The van der Waals surface area contributed by atoms with Crippen molar-refractivity contribution in [3.63, 3.8) is 0 Å². The van der Waals surface area contributed by atoms with Gasteiger partial charge >= 0.3 is 0 Å². The second-order valence-electron chi connectivity index (χ2n) is 5.52. The number of piperidine rings is 1. The van der Waals surface area contributed by atoms with Crippen molar-refractivity contribution in [3.8, 4) is 11.1 Å². The van der Waals surface area contributed by atoms with Gasteiger partial charge < -0.3 is 10.6 Å². The third kappa shape index (κ3) is 3.24. The van der Waals surface area contributed by atoms with Crippen LogP contribution in [0.4, 0.5) is 5.95 Å². The van der Waals surface area contributed by atoms with Gasteiger partial charge in [-0.15, -0.1) is 0 Å². The summed E-state index contributed by atoms with van der Waals surface area (Å²) in [5, 5.41) is 0. The standard InChI is InChI=1S/C16H19BrN4/c1-11-15(12-4-6-13(17)7-5-12)9-19-16(20-11)21-8-2-3-14(18)10-21/h4-7,9,14H,2-3,8,10,18H2,1H3. The molecule has 3 rings (SSSR count). The molecule has 1 aliphatic rings. The van der Waals surface area contributed by atoms with Gasteiger partial charge in [-0.25, -0.2) is 9.97 Å². The number of nitrogens with zero attached hydrogens (tertiary/aromatic N) is 3. The van der Waals surface area contributed by atoms with Gasteiger partial charge in [-0.3, -0.25) is 0 Å². The van der Waals surface area contributed by atoms with E-state index in [1.54, 1.807) is 0 Å². The molecule has 0 spiro atoms. The first kappa shape index (κ1) is 14.5. The Labute approximate surface area is 133 Å². The van der Waals surface area contributed by atoms with E-state index in [4.69, 9.17) is 5.73 Å². The molecule has 2 heterocycles. The van der Waals surface area contributed by atoms with Gasteiger partial charge in [0.1, 0.15) is 0 Å². The number of hydrogen-bond donors (Lipinski definition) is 1. The van der Waals surface area contributed by atoms with Gasteiger partial charge in [0.15, 0.2) is 0 Å². The zero-order valence-corrected chi connectivity index (χ0v) is 13.7. The van der Waals surface area contributed by atoms with Gasteiger partial charge in [0.2, 0.25) is 5.95 Å². The fourth-order valence-electron chi connectivity index (χ4n) is 2.71. The Hall–Kier alpha value is -1.46. The average molecular weight is 347 g/mol. The van der Waals surface area contributed by atoms with E-state index in [0.29, 0.717) is 0 Å². The normalized spacial score (nSPS) is 18.8. The van der Waals surface area contributed by atoms with Crippen LogP contribution in [-0.4, -0.2) is 29.1 Å². The number of halogens is 1. The summed E-state index contributed by atoms with van der Waals surface area (Å²) in [4.78, 5) is 11.4. The summed E-state index contributed by atoms with van der Waals surface area (Å²) in [7, 11) is 0. The molecule has 2 aromatic rings.